The summed E-state index contributed by atoms with van der Waals surface area (Å²) in [5, 5.41) is 4.96. The molecule has 31 heavy (non-hydrogen) atoms. The van der Waals surface area contributed by atoms with Crippen molar-refractivity contribution in [1.82, 2.24) is 19.8 Å². The first-order valence-corrected chi connectivity index (χ1v) is 10.9. The van der Waals surface area contributed by atoms with Gasteiger partial charge in [0.25, 0.3) is 0 Å². The molecule has 4 aromatic rings. The van der Waals surface area contributed by atoms with Crippen molar-refractivity contribution in [2.24, 2.45) is 0 Å². The zero-order chi connectivity index (χ0) is 21.2. The molecule has 1 aliphatic heterocycles. The molecule has 5 rings (SSSR count). The molecular formula is C25H21ClN4S. The summed E-state index contributed by atoms with van der Waals surface area (Å²) in [7, 11) is 0. The molecule has 6 heteroatoms. The lowest BCUT2D eigenvalue weighted by atomic mass is 10.0. The van der Waals surface area contributed by atoms with Gasteiger partial charge in [-0.2, -0.15) is 0 Å². The summed E-state index contributed by atoms with van der Waals surface area (Å²) in [5.74, 6) is 0. The average Bonchev–Trinajstić information content (AvgIpc) is 3.40. The van der Waals surface area contributed by atoms with Gasteiger partial charge in [-0.15, -0.1) is 0 Å². The number of nitrogens with zero attached hydrogens (tertiary/aromatic N) is 3. The predicted molar refractivity (Wildman–Crippen MR) is 128 cm³/mol. The minimum absolute atomic E-state index is 0.0309. The van der Waals surface area contributed by atoms with Crippen LogP contribution in [0.2, 0.25) is 5.02 Å². The molecular weight excluding hydrogens is 424 g/mol. The van der Waals surface area contributed by atoms with Crippen LogP contribution in [0, 0.1) is 0 Å². The number of pyridine rings is 1. The Morgan fingerprint density at radius 3 is 2.55 bits per heavy atom. The largest absolute Gasteiger partial charge is 0.352 e. The van der Waals surface area contributed by atoms with Gasteiger partial charge < -0.3 is 14.8 Å². The molecule has 0 bridgehead atoms. The Bertz CT molecular complexity index is 1190. The van der Waals surface area contributed by atoms with Gasteiger partial charge in [-0.25, -0.2) is 0 Å². The van der Waals surface area contributed by atoms with E-state index in [1.807, 2.05) is 48.7 Å². The first-order valence-electron chi connectivity index (χ1n) is 10.2. The van der Waals surface area contributed by atoms with E-state index in [1.165, 1.54) is 5.56 Å². The molecule has 0 radical (unpaired) electrons. The second-order valence-electron chi connectivity index (χ2n) is 7.52. The SMILES string of the molecule is S=C1N[C@@H](c2ccccn2)[C@@H](c2cccn2-c2cccc(Cl)c2)N1Cc1ccccc1. The molecule has 1 saturated heterocycles. The smallest absolute Gasteiger partial charge is 0.170 e. The second kappa shape index (κ2) is 8.53. The van der Waals surface area contributed by atoms with Crippen molar-refractivity contribution in [3.63, 3.8) is 0 Å². The Kier molecular flexibility index (Phi) is 5.45. The number of rotatable bonds is 5. The molecule has 3 heterocycles. The summed E-state index contributed by atoms with van der Waals surface area (Å²) >= 11 is 12.1. The summed E-state index contributed by atoms with van der Waals surface area (Å²) < 4.78 is 2.18. The number of hydrogen-bond acceptors (Lipinski definition) is 2. The molecule has 2 aromatic carbocycles. The fourth-order valence-electron chi connectivity index (χ4n) is 4.17. The fourth-order valence-corrected chi connectivity index (χ4v) is 4.66. The van der Waals surface area contributed by atoms with Crippen molar-refractivity contribution in [3.8, 4) is 5.69 Å². The Morgan fingerprint density at radius 1 is 0.935 bits per heavy atom. The Balaban J connectivity index is 1.61. The molecule has 2 atom stereocenters. The zero-order valence-electron chi connectivity index (χ0n) is 16.7. The fraction of sp³-hybridized carbons (Fsp3) is 0.120. The van der Waals surface area contributed by atoms with E-state index in [2.05, 4.69) is 68.4 Å². The van der Waals surface area contributed by atoms with Crippen LogP contribution >= 0.6 is 23.8 Å². The van der Waals surface area contributed by atoms with Crippen LogP contribution in [0.15, 0.2) is 97.3 Å². The highest BCUT2D eigenvalue weighted by atomic mass is 35.5. The monoisotopic (exact) mass is 444 g/mol. The highest BCUT2D eigenvalue weighted by molar-refractivity contribution is 7.80. The van der Waals surface area contributed by atoms with Crippen molar-refractivity contribution in [3.05, 3.63) is 119 Å². The lowest BCUT2D eigenvalue weighted by Crippen LogP contribution is -2.30. The van der Waals surface area contributed by atoms with Crippen LogP contribution in [0.3, 0.4) is 0 Å². The molecule has 0 aliphatic carbocycles. The van der Waals surface area contributed by atoms with E-state index in [9.17, 15) is 0 Å². The molecule has 1 fully saturated rings. The topological polar surface area (TPSA) is 33.1 Å². The lowest BCUT2D eigenvalue weighted by Gasteiger charge is -2.29. The van der Waals surface area contributed by atoms with Crippen molar-refractivity contribution in [1.29, 1.82) is 0 Å². The minimum Gasteiger partial charge on any atom is -0.352 e. The maximum Gasteiger partial charge on any atom is 0.170 e. The van der Waals surface area contributed by atoms with E-state index in [1.54, 1.807) is 0 Å². The maximum atomic E-state index is 6.29. The molecule has 154 valence electrons. The van der Waals surface area contributed by atoms with Gasteiger partial charge in [-0.05, 0) is 60.2 Å². The van der Waals surface area contributed by atoms with Crippen LogP contribution < -0.4 is 5.32 Å². The highest BCUT2D eigenvalue weighted by Crippen LogP contribution is 2.40. The van der Waals surface area contributed by atoms with Gasteiger partial charge in [-0.3, -0.25) is 4.98 Å². The average molecular weight is 445 g/mol. The van der Waals surface area contributed by atoms with E-state index in [-0.39, 0.29) is 12.1 Å². The zero-order valence-corrected chi connectivity index (χ0v) is 18.3. The van der Waals surface area contributed by atoms with Crippen LogP contribution in [0.4, 0.5) is 0 Å². The first kappa shape index (κ1) is 19.8. The maximum absolute atomic E-state index is 6.29. The molecule has 0 unspecified atom stereocenters. The molecule has 1 N–H and O–H groups in total. The van der Waals surface area contributed by atoms with Crippen molar-refractivity contribution >= 4 is 28.9 Å². The number of thiocarbonyl (C=S) groups is 1. The van der Waals surface area contributed by atoms with Gasteiger partial charge in [0.2, 0.25) is 0 Å². The molecule has 1 aliphatic rings. The third kappa shape index (κ3) is 3.94. The number of halogens is 1. The summed E-state index contributed by atoms with van der Waals surface area (Å²) in [4.78, 5) is 6.88. The number of nitrogens with one attached hydrogen (secondary N) is 1. The van der Waals surface area contributed by atoms with Gasteiger partial charge in [0.1, 0.15) is 0 Å². The summed E-state index contributed by atoms with van der Waals surface area (Å²) in [5.41, 5.74) is 4.31. The van der Waals surface area contributed by atoms with Crippen molar-refractivity contribution in [2.75, 3.05) is 0 Å². The summed E-state index contributed by atoms with van der Waals surface area (Å²) in [6, 6.07) is 28.4. The van der Waals surface area contributed by atoms with Gasteiger partial charge in [0.15, 0.2) is 5.11 Å². The van der Waals surface area contributed by atoms with Gasteiger partial charge in [0.05, 0.1) is 17.8 Å². The van der Waals surface area contributed by atoms with Crippen LogP contribution in [0.5, 0.6) is 0 Å². The van der Waals surface area contributed by atoms with E-state index in [0.717, 1.165) is 22.2 Å². The van der Waals surface area contributed by atoms with Crippen molar-refractivity contribution in [2.45, 2.75) is 18.6 Å². The van der Waals surface area contributed by atoms with Gasteiger partial charge in [0, 0.05) is 35.3 Å². The van der Waals surface area contributed by atoms with E-state index in [0.29, 0.717) is 11.6 Å². The molecule has 2 aromatic heterocycles. The lowest BCUT2D eigenvalue weighted by molar-refractivity contribution is 0.302. The number of hydrogen-bond donors (Lipinski definition) is 1. The van der Waals surface area contributed by atoms with E-state index < -0.39 is 0 Å². The number of benzene rings is 2. The van der Waals surface area contributed by atoms with Crippen LogP contribution in [0.1, 0.15) is 29.0 Å². The van der Waals surface area contributed by atoms with Gasteiger partial charge >= 0.3 is 0 Å². The Morgan fingerprint density at radius 2 is 1.77 bits per heavy atom. The molecule has 0 spiro atoms. The van der Waals surface area contributed by atoms with E-state index >= 15 is 0 Å². The summed E-state index contributed by atoms with van der Waals surface area (Å²) in [6.07, 6.45) is 3.89. The van der Waals surface area contributed by atoms with Crippen LogP contribution in [-0.4, -0.2) is 19.6 Å². The number of aromatic nitrogens is 2. The Hall–Kier alpha value is -3.15. The van der Waals surface area contributed by atoms with Crippen molar-refractivity contribution < 1.29 is 0 Å². The Labute approximate surface area is 192 Å². The molecule has 4 nitrogen and oxygen atoms in total. The van der Waals surface area contributed by atoms with E-state index in [4.69, 9.17) is 23.8 Å². The van der Waals surface area contributed by atoms with Crippen LogP contribution in [-0.2, 0) is 6.54 Å². The second-order valence-corrected chi connectivity index (χ2v) is 8.35. The third-order valence-corrected chi connectivity index (χ3v) is 6.15. The van der Waals surface area contributed by atoms with Crippen LogP contribution in [0.25, 0.3) is 5.69 Å². The molecule has 0 saturated carbocycles. The first-order chi connectivity index (χ1) is 15.2. The normalized spacial score (nSPS) is 18.2. The van der Waals surface area contributed by atoms with Gasteiger partial charge in [-0.1, -0.05) is 54.1 Å². The minimum atomic E-state index is -0.0646. The standard InChI is InChI=1S/C25H21ClN4S/c26-19-10-6-11-20(16-19)29-15-7-13-22(29)24-23(21-12-4-5-14-27-21)28-25(31)30(24)17-18-8-2-1-3-9-18/h1-16,23-24H,17H2,(H,28,31)/t23-,24+/m0/s1. The predicted octanol–water partition coefficient (Wildman–Crippen LogP) is 5.70. The third-order valence-electron chi connectivity index (χ3n) is 5.56. The summed E-state index contributed by atoms with van der Waals surface area (Å²) in [6.45, 7) is 0.710. The molecule has 0 amide bonds. The highest BCUT2D eigenvalue weighted by Gasteiger charge is 2.41. The quantitative estimate of drug-likeness (QED) is 0.400.